The fraction of sp³-hybridized carbons (Fsp3) is 0.133. The SMILES string of the molecule is C[C@H]1C[C@H](N(C(=O)c2ccc(Cl)cc2)c2ccccc2)c2ccccc2N1C(=O)c1ccc(Cl)cc1. The number of hydrogen-bond donors (Lipinski definition) is 0. The lowest BCUT2D eigenvalue weighted by Crippen LogP contribution is -2.47. The summed E-state index contributed by atoms with van der Waals surface area (Å²) in [6.45, 7) is 2.02. The Bertz CT molecular complexity index is 1390. The van der Waals surface area contributed by atoms with E-state index in [0.29, 0.717) is 27.6 Å². The first-order valence-corrected chi connectivity index (χ1v) is 12.5. The molecule has 0 bridgehead atoms. The van der Waals surface area contributed by atoms with Gasteiger partial charge >= 0.3 is 0 Å². The van der Waals surface area contributed by atoms with Crippen molar-refractivity contribution < 1.29 is 9.59 Å². The Morgan fingerprint density at radius 1 is 0.750 bits per heavy atom. The molecule has 1 aliphatic heterocycles. The maximum atomic E-state index is 13.9. The molecule has 5 rings (SSSR count). The van der Waals surface area contributed by atoms with Crippen molar-refractivity contribution in [2.45, 2.75) is 25.4 Å². The molecule has 1 heterocycles. The molecule has 0 aromatic heterocycles. The molecule has 4 nitrogen and oxygen atoms in total. The minimum atomic E-state index is -0.268. The van der Waals surface area contributed by atoms with Crippen LogP contribution in [-0.4, -0.2) is 17.9 Å². The number of fused-ring (bicyclic) bond motifs is 1. The summed E-state index contributed by atoms with van der Waals surface area (Å²) < 4.78 is 0. The van der Waals surface area contributed by atoms with Crippen LogP contribution in [0.5, 0.6) is 0 Å². The third-order valence-corrected chi connectivity index (χ3v) is 7.03. The highest BCUT2D eigenvalue weighted by molar-refractivity contribution is 6.31. The first-order chi connectivity index (χ1) is 17.4. The largest absolute Gasteiger partial charge is 0.305 e. The first-order valence-electron chi connectivity index (χ1n) is 11.8. The van der Waals surface area contributed by atoms with Gasteiger partial charge in [-0.15, -0.1) is 0 Å². The summed E-state index contributed by atoms with van der Waals surface area (Å²) in [4.78, 5) is 31.2. The molecule has 0 saturated carbocycles. The summed E-state index contributed by atoms with van der Waals surface area (Å²) in [5.74, 6) is -0.220. The third kappa shape index (κ3) is 4.62. The number of para-hydroxylation sites is 2. The first kappa shape index (κ1) is 24.1. The Labute approximate surface area is 220 Å². The Morgan fingerprint density at radius 2 is 1.31 bits per heavy atom. The van der Waals surface area contributed by atoms with Crippen LogP contribution in [0.15, 0.2) is 103 Å². The minimum absolute atomic E-state index is 0.0969. The van der Waals surface area contributed by atoms with Crippen LogP contribution in [0.2, 0.25) is 10.0 Å². The molecule has 2 amide bonds. The van der Waals surface area contributed by atoms with Gasteiger partial charge in [-0.25, -0.2) is 0 Å². The maximum absolute atomic E-state index is 13.9. The van der Waals surface area contributed by atoms with Crippen LogP contribution in [0.3, 0.4) is 0 Å². The third-order valence-electron chi connectivity index (χ3n) is 6.53. The highest BCUT2D eigenvalue weighted by Crippen LogP contribution is 2.43. The zero-order valence-corrected chi connectivity index (χ0v) is 21.2. The molecule has 0 spiro atoms. The summed E-state index contributed by atoms with van der Waals surface area (Å²) in [6, 6.07) is 30.9. The van der Waals surface area contributed by atoms with Gasteiger partial charge in [0, 0.05) is 38.6 Å². The van der Waals surface area contributed by atoms with Crippen molar-refractivity contribution in [1.82, 2.24) is 0 Å². The second-order valence-electron chi connectivity index (χ2n) is 8.86. The molecule has 0 radical (unpaired) electrons. The molecule has 4 aromatic carbocycles. The highest BCUT2D eigenvalue weighted by atomic mass is 35.5. The lowest BCUT2D eigenvalue weighted by Gasteiger charge is -2.43. The van der Waals surface area contributed by atoms with E-state index in [1.54, 1.807) is 48.5 Å². The monoisotopic (exact) mass is 514 g/mol. The number of benzene rings is 4. The Balaban J connectivity index is 1.60. The van der Waals surface area contributed by atoms with Crippen molar-refractivity contribution in [3.8, 4) is 0 Å². The topological polar surface area (TPSA) is 40.6 Å². The van der Waals surface area contributed by atoms with Gasteiger partial charge in [0.05, 0.1) is 6.04 Å². The van der Waals surface area contributed by atoms with Crippen molar-refractivity contribution >= 4 is 46.4 Å². The van der Waals surface area contributed by atoms with Gasteiger partial charge in [-0.2, -0.15) is 0 Å². The smallest absolute Gasteiger partial charge is 0.258 e. The number of amides is 2. The Morgan fingerprint density at radius 3 is 1.94 bits per heavy atom. The van der Waals surface area contributed by atoms with Crippen molar-refractivity contribution in [3.05, 3.63) is 130 Å². The molecule has 0 saturated heterocycles. The number of nitrogens with zero attached hydrogens (tertiary/aromatic N) is 2. The summed E-state index contributed by atoms with van der Waals surface area (Å²) in [7, 11) is 0. The van der Waals surface area contributed by atoms with Crippen molar-refractivity contribution in [3.63, 3.8) is 0 Å². The minimum Gasteiger partial charge on any atom is -0.305 e. The predicted molar refractivity (Wildman–Crippen MR) is 146 cm³/mol. The van der Waals surface area contributed by atoms with Crippen LogP contribution in [0, 0.1) is 0 Å². The zero-order valence-electron chi connectivity index (χ0n) is 19.6. The van der Waals surface area contributed by atoms with Gasteiger partial charge in [0.15, 0.2) is 0 Å². The predicted octanol–water partition coefficient (Wildman–Crippen LogP) is 7.82. The van der Waals surface area contributed by atoms with Gasteiger partial charge in [-0.05, 0) is 85.6 Å². The number of anilines is 2. The molecule has 4 aromatic rings. The van der Waals surface area contributed by atoms with Crippen molar-refractivity contribution in [2.24, 2.45) is 0 Å². The van der Waals surface area contributed by atoms with Gasteiger partial charge in [0.1, 0.15) is 0 Å². The standard InChI is InChI=1S/C30H24Cl2N2O2/c1-20-19-28(34(25-7-3-2-4-8-25)30(36)22-13-17-24(32)18-14-22)26-9-5-6-10-27(26)33(20)29(35)21-11-15-23(31)16-12-21/h2-18,20,28H,19H2,1H3/t20-,28-/m0/s1. The van der Waals surface area contributed by atoms with Crippen LogP contribution in [0.4, 0.5) is 11.4 Å². The zero-order chi connectivity index (χ0) is 25.2. The van der Waals surface area contributed by atoms with Crippen molar-refractivity contribution in [1.29, 1.82) is 0 Å². The van der Waals surface area contributed by atoms with Gasteiger partial charge in [0.25, 0.3) is 11.8 Å². The number of halogens is 2. The second-order valence-corrected chi connectivity index (χ2v) is 9.73. The van der Waals surface area contributed by atoms with Crippen LogP contribution in [0.25, 0.3) is 0 Å². The summed E-state index contributed by atoms with van der Waals surface area (Å²) in [6.07, 6.45) is 0.574. The van der Waals surface area contributed by atoms with E-state index in [-0.39, 0.29) is 23.9 Å². The molecule has 0 aliphatic carbocycles. The van der Waals surface area contributed by atoms with Gasteiger partial charge < -0.3 is 9.80 Å². The van der Waals surface area contributed by atoms with Crippen molar-refractivity contribution in [2.75, 3.05) is 9.80 Å². The van der Waals surface area contributed by atoms with Gasteiger partial charge in [-0.3, -0.25) is 9.59 Å². The summed E-state index contributed by atoms with van der Waals surface area (Å²) in [5.41, 5.74) is 3.63. The van der Waals surface area contributed by atoms with E-state index in [0.717, 1.165) is 16.9 Å². The molecular formula is C30H24Cl2N2O2. The van der Waals surface area contributed by atoms with E-state index >= 15 is 0 Å². The molecule has 1 aliphatic rings. The second kappa shape index (κ2) is 10.2. The maximum Gasteiger partial charge on any atom is 0.258 e. The number of carbonyl (C=O) groups is 2. The Kier molecular flexibility index (Phi) is 6.82. The fourth-order valence-corrected chi connectivity index (χ4v) is 5.08. The summed E-state index contributed by atoms with van der Waals surface area (Å²) in [5, 5.41) is 1.16. The van der Waals surface area contributed by atoms with E-state index in [1.807, 2.05) is 71.3 Å². The van der Waals surface area contributed by atoms with Crippen LogP contribution in [0.1, 0.15) is 45.7 Å². The Hall–Kier alpha value is -3.60. The van der Waals surface area contributed by atoms with E-state index in [1.165, 1.54) is 0 Å². The average molecular weight is 515 g/mol. The number of carbonyl (C=O) groups excluding carboxylic acids is 2. The van der Waals surface area contributed by atoms with Gasteiger partial charge in [-0.1, -0.05) is 59.6 Å². The highest BCUT2D eigenvalue weighted by Gasteiger charge is 2.39. The van der Waals surface area contributed by atoms with E-state index in [4.69, 9.17) is 23.2 Å². The molecule has 0 fully saturated rings. The molecule has 180 valence electrons. The molecule has 6 heteroatoms. The number of rotatable bonds is 4. The van der Waals surface area contributed by atoms with Gasteiger partial charge in [0.2, 0.25) is 0 Å². The van der Waals surface area contributed by atoms with Crippen LogP contribution in [-0.2, 0) is 0 Å². The normalized spacial score (nSPS) is 16.8. The molecule has 0 unspecified atom stereocenters. The molecule has 36 heavy (non-hydrogen) atoms. The van der Waals surface area contributed by atoms with E-state index < -0.39 is 0 Å². The average Bonchev–Trinajstić information content (AvgIpc) is 2.90. The molecular weight excluding hydrogens is 491 g/mol. The van der Waals surface area contributed by atoms with Crippen LogP contribution < -0.4 is 9.80 Å². The summed E-state index contributed by atoms with van der Waals surface area (Å²) >= 11 is 12.1. The van der Waals surface area contributed by atoms with Crippen LogP contribution >= 0.6 is 23.2 Å². The lowest BCUT2D eigenvalue weighted by molar-refractivity contribution is 0.0965. The molecule has 2 atom stereocenters. The number of hydrogen-bond acceptors (Lipinski definition) is 2. The quantitative estimate of drug-likeness (QED) is 0.278. The molecule has 0 N–H and O–H groups in total. The van der Waals surface area contributed by atoms with E-state index in [2.05, 4.69) is 0 Å². The van der Waals surface area contributed by atoms with E-state index in [9.17, 15) is 9.59 Å². The fourth-order valence-electron chi connectivity index (χ4n) is 4.83. The lowest BCUT2D eigenvalue weighted by atomic mass is 9.89.